The number of hydrogen-bond acceptors (Lipinski definition) is 7. The molecule has 8 heteroatoms. The number of carbonyl (C=O) groups is 2. The molecule has 1 saturated heterocycles. The summed E-state index contributed by atoms with van der Waals surface area (Å²) in [5, 5.41) is 11.4. The average Bonchev–Trinajstić information content (AvgIpc) is 3.14. The van der Waals surface area contributed by atoms with Crippen LogP contribution in [0.1, 0.15) is 50.3 Å². The highest BCUT2D eigenvalue weighted by atomic mass is 16.5. The quantitative estimate of drug-likeness (QED) is 0.182. The predicted octanol–water partition coefficient (Wildman–Crippen LogP) is 4.65. The number of unbranched alkanes of at least 4 members (excludes halogenated alkanes) is 1. The van der Waals surface area contributed by atoms with Gasteiger partial charge in [-0.1, -0.05) is 31.5 Å². The van der Waals surface area contributed by atoms with E-state index in [0.29, 0.717) is 54.6 Å². The van der Waals surface area contributed by atoms with Crippen molar-refractivity contribution in [3.05, 3.63) is 59.2 Å². The van der Waals surface area contributed by atoms with Crippen molar-refractivity contribution in [1.82, 2.24) is 9.80 Å². The molecule has 200 valence electrons. The summed E-state index contributed by atoms with van der Waals surface area (Å²) in [6, 6.07) is 11.5. The molecule has 1 heterocycles. The minimum Gasteiger partial charge on any atom is -0.507 e. The summed E-state index contributed by atoms with van der Waals surface area (Å²) in [5.41, 5.74) is 1.12. The molecule has 1 unspecified atom stereocenters. The summed E-state index contributed by atoms with van der Waals surface area (Å²) in [5.74, 6) is 0.0788. The first-order chi connectivity index (χ1) is 17.8. The summed E-state index contributed by atoms with van der Waals surface area (Å²) in [4.78, 5) is 30.1. The van der Waals surface area contributed by atoms with E-state index in [2.05, 4.69) is 6.92 Å². The topological polar surface area (TPSA) is 88.5 Å². The Labute approximate surface area is 219 Å². The van der Waals surface area contributed by atoms with Crippen molar-refractivity contribution < 1.29 is 28.9 Å². The number of carbonyl (C=O) groups excluding carboxylic acids is 2. The minimum atomic E-state index is -0.767. The molecule has 0 saturated carbocycles. The molecule has 1 fully saturated rings. The fourth-order valence-corrected chi connectivity index (χ4v) is 4.37. The highest BCUT2D eigenvalue weighted by Crippen LogP contribution is 2.42. The van der Waals surface area contributed by atoms with E-state index in [0.717, 1.165) is 19.4 Å². The Balaban J connectivity index is 2.09. The van der Waals surface area contributed by atoms with E-state index in [-0.39, 0.29) is 11.3 Å². The van der Waals surface area contributed by atoms with E-state index in [9.17, 15) is 14.7 Å². The van der Waals surface area contributed by atoms with Crippen LogP contribution in [0.25, 0.3) is 5.76 Å². The molecule has 0 radical (unpaired) electrons. The lowest BCUT2D eigenvalue weighted by molar-refractivity contribution is -0.139. The average molecular weight is 511 g/mol. The Morgan fingerprint density at radius 1 is 1.03 bits per heavy atom. The molecule has 3 rings (SSSR count). The van der Waals surface area contributed by atoms with Crippen LogP contribution in [0, 0.1) is 0 Å². The van der Waals surface area contributed by atoms with Crippen molar-refractivity contribution in [2.75, 3.05) is 47.5 Å². The third kappa shape index (κ3) is 6.63. The maximum absolute atomic E-state index is 13.3. The number of Topliss-reactive ketones (excluding diaryl/α,β-unsaturated/α-hetero) is 1. The number of benzene rings is 2. The third-order valence-corrected chi connectivity index (χ3v) is 6.22. The number of aliphatic hydroxyl groups is 1. The van der Waals surface area contributed by atoms with Gasteiger partial charge in [-0.05, 0) is 70.2 Å². The van der Waals surface area contributed by atoms with Crippen LogP contribution in [0.3, 0.4) is 0 Å². The fraction of sp³-hybridized carbons (Fsp3) is 0.448. The largest absolute Gasteiger partial charge is 0.507 e. The first kappa shape index (κ1) is 28.1. The van der Waals surface area contributed by atoms with Crippen LogP contribution >= 0.6 is 0 Å². The Bertz CT molecular complexity index is 1130. The lowest BCUT2D eigenvalue weighted by atomic mass is 9.95. The van der Waals surface area contributed by atoms with Gasteiger partial charge in [0.15, 0.2) is 11.5 Å². The van der Waals surface area contributed by atoms with Crippen molar-refractivity contribution in [2.45, 2.75) is 39.2 Å². The van der Waals surface area contributed by atoms with E-state index < -0.39 is 17.7 Å². The molecule has 0 aliphatic carbocycles. The lowest BCUT2D eigenvalue weighted by Crippen LogP contribution is -2.32. The summed E-state index contributed by atoms with van der Waals surface area (Å²) in [6.07, 6.45) is 2.59. The summed E-state index contributed by atoms with van der Waals surface area (Å²) in [6.45, 7) is 6.10. The number of ketones is 1. The molecule has 1 atom stereocenters. The van der Waals surface area contributed by atoms with Gasteiger partial charge in [-0.25, -0.2) is 0 Å². The van der Waals surface area contributed by atoms with Gasteiger partial charge in [-0.15, -0.1) is 0 Å². The second-order valence-corrected chi connectivity index (χ2v) is 9.22. The van der Waals surface area contributed by atoms with Crippen LogP contribution in [0.4, 0.5) is 0 Å². The molecule has 37 heavy (non-hydrogen) atoms. The van der Waals surface area contributed by atoms with Crippen LogP contribution < -0.4 is 14.2 Å². The second kappa shape index (κ2) is 13.1. The molecule has 8 nitrogen and oxygen atoms in total. The van der Waals surface area contributed by atoms with Crippen molar-refractivity contribution in [1.29, 1.82) is 0 Å². The zero-order chi connectivity index (χ0) is 26.9. The SMILES string of the molecule is CCCCOc1cccc(C(O)=C2C(=O)C(=O)N(CCCN(C)C)C2c2ccc(OCC)c(OC)c2)c1. The van der Waals surface area contributed by atoms with E-state index in [1.54, 1.807) is 49.6 Å². The van der Waals surface area contributed by atoms with Crippen LogP contribution in [-0.2, 0) is 9.59 Å². The van der Waals surface area contributed by atoms with Gasteiger partial charge in [0.2, 0.25) is 0 Å². The van der Waals surface area contributed by atoms with Crippen molar-refractivity contribution >= 4 is 17.4 Å². The number of aliphatic hydroxyl groups excluding tert-OH is 1. The molecular formula is C29H38N2O6. The number of nitrogens with zero attached hydrogens (tertiary/aromatic N) is 2. The van der Waals surface area contributed by atoms with Crippen LogP contribution in [0.15, 0.2) is 48.0 Å². The summed E-state index contributed by atoms with van der Waals surface area (Å²) >= 11 is 0. The monoisotopic (exact) mass is 510 g/mol. The fourth-order valence-electron chi connectivity index (χ4n) is 4.37. The maximum Gasteiger partial charge on any atom is 0.295 e. The molecule has 0 spiro atoms. The molecule has 1 N–H and O–H groups in total. The Kier molecular flexibility index (Phi) is 9.97. The van der Waals surface area contributed by atoms with Gasteiger partial charge in [0.05, 0.1) is 31.9 Å². The number of hydrogen-bond donors (Lipinski definition) is 1. The first-order valence-electron chi connectivity index (χ1n) is 12.8. The highest BCUT2D eigenvalue weighted by molar-refractivity contribution is 6.46. The zero-order valence-electron chi connectivity index (χ0n) is 22.5. The number of amides is 1. The molecule has 1 amide bonds. The highest BCUT2D eigenvalue weighted by Gasteiger charge is 2.46. The molecule has 0 aromatic heterocycles. The zero-order valence-corrected chi connectivity index (χ0v) is 22.5. The Hall–Kier alpha value is -3.52. The molecule has 1 aliphatic rings. The van der Waals surface area contributed by atoms with Crippen LogP contribution in [0.2, 0.25) is 0 Å². The first-order valence-corrected chi connectivity index (χ1v) is 12.8. The van der Waals surface area contributed by atoms with Gasteiger partial charge in [-0.2, -0.15) is 0 Å². The smallest absolute Gasteiger partial charge is 0.295 e. The van der Waals surface area contributed by atoms with Gasteiger partial charge < -0.3 is 29.1 Å². The number of methoxy groups -OCH3 is 1. The molecule has 1 aliphatic heterocycles. The Morgan fingerprint density at radius 2 is 1.81 bits per heavy atom. The number of ether oxygens (including phenoxy) is 3. The molecule has 2 aromatic rings. The second-order valence-electron chi connectivity index (χ2n) is 9.22. The third-order valence-electron chi connectivity index (χ3n) is 6.22. The normalized spacial score (nSPS) is 16.9. The standard InChI is InChI=1S/C29H38N2O6/c1-6-8-17-37-22-12-9-11-21(18-22)27(32)25-26(20-13-14-23(36-7-2)24(19-20)35-5)31(29(34)28(25)33)16-10-15-30(3)4/h9,11-14,18-19,26,32H,6-8,10,15-17H2,1-5H3. The van der Waals surface area contributed by atoms with Gasteiger partial charge in [-0.3, -0.25) is 9.59 Å². The lowest BCUT2D eigenvalue weighted by Gasteiger charge is -2.26. The molecule has 0 bridgehead atoms. The van der Waals surface area contributed by atoms with Gasteiger partial charge in [0.1, 0.15) is 11.5 Å². The van der Waals surface area contributed by atoms with Gasteiger partial charge in [0.25, 0.3) is 11.7 Å². The van der Waals surface area contributed by atoms with E-state index >= 15 is 0 Å². The van der Waals surface area contributed by atoms with E-state index in [4.69, 9.17) is 14.2 Å². The minimum absolute atomic E-state index is 0.0479. The summed E-state index contributed by atoms with van der Waals surface area (Å²) < 4.78 is 17.0. The van der Waals surface area contributed by atoms with Gasteiger partial charge in [0, 0.05) is 12.1 Å². The van der Waals surface area contributed by atoms with Crippen LogP contribution in [0.5, 0.6) is 17.2 Å². The van der Waals surface area contributed by atoms with Crippen LogP contribution in [-0.4, -0.2) is 74.1 Å². The number of rotatable bonds is 13. The summed E-state index contributed by atoms with van der Waals surface area (Å²) in [7, 11) is 5.46. The number of likely N-dealkylation sites (tertiary alicyclic amines) is 1. The van der Waals surface area contributed by atoms with Crippen molar-refractivity contribution in [2.24, 2.45) is 0 Å². The molecular weight excluding hydrogens is 472 g/mol. The predicted molar refractivity (Wildman–Crippen MR) is 143 cm³/mol. The maximum atomic E-state index is 13.3. The van der Waals surface area contributed by atoms with Crippen molar-refractivity contribution in [3.63, 3.8) is 0 Å². The van der Waals surface area contributed by atoms with E-state index in [1.807, 2.05) is 25.9 Å². The Morgan fingerprint density at radius 3 is 2.49 bits per heavy atom. The molecule has 2 aromatic carbocycles. The van der Waals surface area contributed by atoms with E-state index in [1.165, 1.54) is 4.90 Å². The van der Waals surface area contributed by atoms with Crippen molar-refractivity contribution in [3.8, 4) is 17.2 Å². The van der Waals surface area contributed by atoms with Gasteiger partial charge >= 0.3 is 0 Å².